The van der Waals surface area contributed by atoms with Crippen LogP contribution in [0.3, 0.4) is 0 Å². The Labute approximate surface area is 125 Å². The van der Waals surface area contributed by atoms with Crippen molar-refractivity contribution in [3.8, 4) is 0 Å². The summed E-state index contributed by atoms with van der Waals surface area (Å²) in [6, 6.07) is 2.05. The molecule has 4 heteroatoms. The monoisotopic (exact) mass is 283 g/mol. The lowest BCUT2D eigenvalue weighted by Gasteiger charge is -2.47. The molecule has 0 aromatic rings. The third kappa shape index (κ3) is 3.94. The van der Waals surface area contributed by atoms with E-state index >= 15 is 0 Å². The molecule has 2 heterocycles. The summed E-state index contributed by atoms with van der Waals surface area (Å²) in [6.45, 7) is 15.1. The van der Waals surface area contributed by atoms with Crippen LogP contribution in [0.15, 0.2) is 0 Å². The van der Waals surface area contributed by atoms with Crippen molar-refractivity contribution in [1.82, 2.24) is 14.7 Å². The first-order chi connectivity index (χ1) is 9.65. The molecule has 1 atom stereocenters. The predicted molar refractivity (Wildman–Crippen MR) is 84.2 cm³/mol. The Morgan fingerprint density at radius 1 is 1.10 bits per heavy atom. The molecule has 0 spiro atoms. The molecule has 0 amide bonds. The molecule has 2 rings (SSSR count). The van der Waals surface area contributed by atoms with Crippen LogP contribution < -0.4 is 0 Å². The lowest BCUT2D eigenvalue weighted by molar-refractivity contribution is -0.0174. The number of nitrogens with zero attached hydrogens (tertiary/aromatic N) is 3. The topological polar surface area (TPSA) is 19.0 Å². The number of methoxy groups -OCH3 is 1. The molecular formula is C16H33N3O. The number of piperazine rings is 1. The first-order valence-corrected chi connectivity index (χ1v) is 8.36. The van der Waals surface area contributed by atoms with Crippen LogP contribution in [-0.4, -0.2) is 85.8 Å². The van der Waals surface area contributed by atoms with Crippen LogP contribution in [0.2, 0.25) is 0 Å². The molecule has 0 radical (unpaired) electrons. The number of hydrogen-bond acceptors (Lipinski definition) is 4. The summed E-state index contributed by atoms with van der Waals surface area (Å²) in [5.41, 5.74) is 0. The molecule has 20 heavy (non-hydrogen) atoms. The van der Waals surface area contributed by atoms with Crippen molar-refractivity contribution in [3.05, 3.63) is 0 Å². The highest BCUT2D eigenvalue weighted by atomic mass is 16.5. The summed E-state index contributed by atoms with van der Waals surface area (Å²) in [4.78, 5) is 7.92. The molecule has 0 aromatic carbocycles. The van der Waals surface area contributed by atoms with E-state index in [1.54, 1.807) is 0 Å². The molecule has 0 saturated carbocycles. The summed E-state index contributed by atoms with van der Waals surface area (Å²) in [7, 11) is 1.84. The molecule has 4 nitrogen and oxygen atoms in total. The molecular weight excluding hydrogens is 250 g/mol. The Hall–Kier alpha value is -0.160. The Balaban J connectivity index is 1.90. The smallest absolute Gasteiger partial charge is 0.0630 e. The molecule has 2 aliphatic rings. The zero-order chi connectivity index (χ0) is 14.5. The minimum atomic E-state index is 0.587. The number of piperidine rings is 1. The van der Waals surface area contributed by atoms with Crippen molar-refractivity contribution in [3.63, 3.8) is 0 Å². The summed E-state index contributed by atoms with van der Waals surface area (Å²) in [5.74, 6) is 0. The first kappa shape index (κ1) is 16.2. The van der Waals surface area contributed by atoms with Crippen LogP contribution in [0.4, 0.5) is 0 Å². The maximum Gasteiger partial charge on any atom is 0.0630 e. The van der Waals surface area contributed by atoms with Crippen LogP contribution in [0.1, 0.15) is 33.6 Å². The van der Waals surface area contributed by atoms with Crippen molar-refractivity contribution in [2.24, 2.45) is 0 Å². The number of hydrogen-bond donors (Lipinski definition) is 0. The van der Waals surface area contributed by atoms with Gasteiger partial charge in [-0.05, 0) is 46.3 Å². The third-order valence-corrected chi connectivity index (χ3v) is 5.12. The van der Waals surface area contributed by atoms with Gasteiger partial charge < -0.3 is 14.5 Å². The molecule has 2 aliphatic heterocycles. The van der Waals surface area contributed by atoms with Crippen LogP contribution in [0, 0.1) is 0 Å². The molecule has 0 aromatic heterocycles. The van der Waals surface area contributed by atoms with Gasteiger partial charge in [-0.15, -0.1) is 0 Å². The lowest BCUT2D eigenvalue weighted by atomic mass is 9.98. The lowest BCUT2D eigenvalue weighted by Crippen LogP contribution is -2.59. The van der Waals surface area contributed by atoms with Gasteiger partial charge in [-0.3, -0.25) is 4.90 Å². The van der Waals surface area contributed by atoms with Crippen molar-refractivity contribution >= 4 is 0 Å². The Bertz CT molecular complexity index is 277. The molecule has 0 aliphatic carbocycles. The Morgan fingerprint density at radius 3 is 2.35 bits per heavy atom. The Kier molecular flexibility index (Phi) is 6.27. The quantitative estimate of drug-likeness (QED) is 0.761. The van der Waals surface area contributed by atoms with Crippen LogP contribution in [0.25, 0.3) is 0 Å². The average Bonchev–Trinajstić information content (AvgIpc) is 2.47. The fourth-order valence-electron chi connectivity index (χ4n) is 3.78. The molecule has 0 unspecified atom stereocenters. The number of likely N-dealkylation sites (tertiary alicyclic amines) is 1. The minimum absolute atomic E-state index is 0.587. The van der Waals surface area contributed by atoms with E-state index in [0.29, 0.717) is 12.1 Å². The maximum atomic E-state index is 5.48. The maximum absolute atomic E-state index is 5.48. The van der Waals surface area contributed by atoms with Gasteiger partial charge in [0.15, 0.2) is 0 Å². The van der Waals surface area contributed by atoms with E-state index in [4.69, 9.17) is 4.74 Å². The summed E-state index contributed by atoms with van der Waals surface area (Å²) < 4.78 is 5.48. The predicted octanol–water partition coefficient (Wildman–Crippen LogP) is 1.51. The fourth-order valence-corrected chi connectivity index (χ4v) is 3.78. The summed E-state index contributed by atoms with van der Waals surface area (Å²) in [6.07, 6.45) is 2.65. The van der Waals surface area contributed by atoms with E-state index in [0.717, 1.165) is 12.6 Å². The largest absolute Gasteiger partial charge is 0.383 e. The van der Waals surface area contributed by atoms with Crippen molar-refractivity contribution in [2.45, 2.75) is 51.7 Å². The highest BCUT2D eigenvalue weighted by Gasteiger charge is 2.33. The van der Waals surface area contributed by atoms with E-state index in [1.807, 2.05) is 7.11 Å². The van der Waals surface area contributed by atoms with E-state index < -0.39 is 0 Å². The molecule has 2 fully saturated rings. The van der Waals surface area contributed by atoms with E-state index in [1.165, 1.54) is 52.1 Å². The number of rotatable bonds is 5. The van der Waals surface area contributed by atoms with Gasteiger partial charge in [0.25, 0.3) is 0 Å². The van der Waals surface area contributed by atoms with Crippen molar-refractivity contribution in [1.29, 1.82) is 0 Å². The van der Waals surface area contributed by atoms with Gasteiger partial charge in [0.2, 0.25) is 0 Å². The molecule has 118 valence electrons. The first-order valence-electron chi connectivity index (χ1n) is 8.36. The highest BCUT2D eigenvalue weighted by Crippen LogP contribution is 2.23. The standard InChI is InChI=1S/C16H33N3O/c1-5-17-10-11-19(16(12-17)13-20-4)15-6-8-18(9-7-15)14(2)3/h14-16H,5-13H2,1-4H3/t16-/m0/s1. The summed E-state index contributed by atoms with van der Waals surface area (Å²) in [5, 5.41) is 0. The second-order valence-electron chi connectivity index (χ2n) is 6.60. The van der Waals surface area contributed by atoms with Crippen molar-refractivity contribution < 1.29 is 4.74 Å². The number of ether oxygens (including phenoxy) is 1. The molecule has 2 saturated heterocycles. The fraction of sp³-hybridized carbons (Fsp3) is 1.00. The van der Waals surface area contributed by atoms with Gasteiger partial charge in [0.1, 0.15) is 0 Å². The van der Waals surface area contributed by atoms with Gasteiger partial charge in [0.05, 0.1) is 6.61 Å². The Morgan fingerprint density at radius 2 is 1.80 bits per heavy atom. The van der Waals surface area contributed by atoms with Gasteiger partial charge in [-0.2, -0.15) is 0 Å². The van der Waals surface area contributed by atoms with E-state index in [2.05, 4.69) is 35.5 Å². The normalized spacial score (nSPS) is 28.4. The van der Waals surface area contributed by atoms with Gasteiger partial charge in [-0.1, -0.05) is 6.92 Å². The second kappa shape index (κ2) is 7.74. The van der Waals surface area contributed by atoms with Gasteiger partial charge in [0, 0.05) is 44.9 Å². The third-order valence-electron chi connectivity index (χ3n) is 5.12. The van der Waals surface area contributed by atoms with Crippen molar-refractivity contribution in [2.75, 3.05) is 53.0 Å². The zero-order valence-corrected chi connectivity index (χ0v) is 13.8. The second-order valence-corrected chi connectivity index (χ2v) is 6.60. The zero-order valence-electron chi connectivity index (χ0n) is 13.8. The number of likely N-dealkylation sites (N-methyl/N-ethyl adjacent to an activating group) is 1. The summed E-state index contributed by atoms with van der Waals surface area (Å²) >= 11 is 0. The van der Waals surface area contributed by atoms with Gasteiger partial charge in [-0.25, -0.2) is 0 Å². The molecule has 0 bridgehead atoms. The highest BCUT2D eigenvalue weighted by molar-refractivity contribution is 4.89. The molecule has 0 N–H and O–H groups in total. The van der Waals surface area contributed by atoms with Gasteiger partial charge >= 0.3 is 0 Å². The average molecular weight is 283 g/mol. The van der Waals surface area contributed by atoms with E-state index in [9.17, 15) is 0 Å². The SMILES string of the molecule is CCN1CCN(C2CCN(C(C)C)CC2)[C@H](COC)C1. The minimum Gasteiger partial charge on any atom is -0.383 e. The van der Waals surface area contributed by atoms with Crippen LogP contribution in [-0.2, 0) is 4.74 Å². The van der Waals surface area contributed by atoms with Crippen LogP contribution >= 0.6 is 0 Å². The van der Waals surface area contributed by atoms with Crippen LogP contribution in [0.5, 0.6) is 0 Å². The van der Waals surface area contributed by atoms with E-state index in [-0.39, 0.29) is 0 Å².